The van der Waals surface area contributed by atoms with Crippen LogP contribution in [0.1, 0.15) is 33.9 Å². The van der Waals surface area contributed by atoms with E-state index in [-0.39, 0.29) is 5.04 Å². The van der Waals surface area contributed by atoms with E-state index in [1.807, 2.05) is 33.9 Å². The molecule has 2 heterocycles. The molecule has 9 heteroatoms. The van der Waals surface area contributed by atoms with E-state index in [9.17, 15) is 14.7 Å². The van der Waals surface area contributed by atoms with E-state index in [1.54, 1.807) is 0 Å². The molecule has 1 aliphatic heterocycles. The number of aliphatic hydroxyl groups excluding tert-OH is 1. The van der Waals surface area contributed by atoms with E-state index in [0.717, 1.165) is 10.6 Å². The molecule has 0 spiro atoms. The van der Waals surface area contributed by atoms with Crippen LogP contribution >= 0.6 is 0 Å². The Labute approximate surface area is 146 Å². The number of aromatic amines is 1. The average molecular weight is 374 g/mol. The van der Waals surface area contributed by atoms with Gasteiger partial charge in [0.25, 0.3) is 5.56 Å². The second-order valence-electron chi connectivity index (χ2n) is 8.04. The molecule has 0 saturated carbocycles. The maximum atomic E-state index is 15.2. The van der Waals surface area contributed by atoms with Crippen molar-refractivity contribution in [3.05, 3.63) is 33.1 Å². The van der Waals surface area contributed by atoms with Crippen LogP contribution in [0.15, 0.2) is 21.9 Å². The van der Waals surface area contributed by atoms with Crippen LogP contribution in [0.3, 0.4) is 0 Å². The Balaban J connectivity index is 2.37. The molecule has 2 rings (SSSR count). The van der Waals surface area contributed by atoms with Gasteiger partial charge in [0.15, 0.2) is 20.7 Å². The fraction of sp³-hybridized carbons (Fsp3) is 0.750. The van der Waals surface area contributed by atoms with Gasteiger partial charge >= 0.3 is 5.69 Å². The number of halogens is 1. The first-order chi connectivity index (χ1) is 11.3. The maximum absolute atomic E-state index is 15.2. The molecule has 0 amide bonds. The van der Waals surface area contributed by atoms with Gasteiger partial charge < -0.3 is 14.3 Å². The number of H-pyrrole nitrogens is 1. The molecule has 1 aliphatic rings. The summed E-state index contributed by atoms with van der Waals surface area (Å²) in [6.45, 7) is 11.6. The van der Waals surface area contributed by atoms with E-state index in [0.29, 0.717) is 0 Å². The third-order valence-electron chi connectivity index (χ3n) is 5.04. The fourth-order valence-corrected chi connectivity index (χ4v) is 3.84. The minimum atomic E-state index is -2.33. The summed E-state index contributed by atoms with van der Waals surface area (Å²) in [4.78, 5) is 25.3. The van der Waals surface area contributed by atoms with E-state index in [2.05, 4.69) is 4.98 Å². The zero-order valence-electron chi connectivity index (χ0n) is 15.4. The van der Waals surface area contributed by atoms with Gasteiger partial charge in [0.2, 0.25) is 0 Å². The fourth-order valence-electron chi connectivity index (χ4n) is 2.54. The first-order valence-electron chi connectivity index (χ1n) is 8.32. The van der Waals surface area contributed by atoms with E-state index >= 15 is 4.39 Å². The molecule has 1 saturated heterocycles. The summed E-state index contributed by atoms with van der Waals surface area (Å²) in [5.41, 5.74) is -1.34. The molecule has 142 valence electrons. The van der Waals surface area contributed by atoms with Crippen LogP contribution in [-0.4, -0.2) is 47.5 Å². The number of aromatic nitrogens is 2. The lowest BCUT2D eigenvalue weighted by atomic mass is 10.1. The number of alkyl halides is 1. The Kier molecular flexibility index (Phi) is 5.44. The molecular formula is C16H27FN2O5Si. The maximum Gasteiger partial charge on any atom is 0.330 e. The number of nitrogens with zero attached hydrogens (tertiary/aromatic N) is 1. The van der Waals surface area contributed by atoms with Crippen LogP contribution in [0.5, 0.6) is 0 Å². The summed E-state index contributed by atoms with van der Waals surface area (Å²) in [6, 6.07) is 1.12. The van der Waals surface area contributed by atoms with Crippen LogP contribution in [0.2, 0.25) is 18.1 Å². The van der Waals surface area contributed by atoms with Crippen molar-refractivity contribution in [3.63, 3.8) is 0 Å². The van der Waals surface area contributed by atoms with Crippen LogP contribution in [0, 0.1) is 0 Å². The summed E-state index contributed by atoms with van der Waals surface area (Å²) in [5, 5.41) is 9.87. The van der Waals surface area contributed by atoms with Crippen LogP contribution in [0.25, 0.3) is 0 Å². The van der Waals surface area contributed by atoms with Crippen LogP contribution in [0.4, 0.5) is 4.39 Å². The Morgan fingerprint density at radius 1 is 1.40 bits per heavy atom. The molecule has 0 bridgehead atoms. The topological polar surface area (TPSA) is 93.5 Å². The van der Waals surface area contributed by atoms with E-state index in [4.69, 9.17) is 9.16 Å². The third-order valence-corrected chi connectivity index (χ3v) is 9.52. The van der Waals surface area contributed by atoms with Gasteiger partial charge in [0.1, 0.15) is 12.2 Å². The highest BCUT2D eigenvalue weighted by Gasteiger charge is 2.52. The summed E-state index contributed by atoms with van der Waals surface area (Å²) in [7, 11) is -2.33. The smallest absolute Gasteiger partial charge is 0.330 e. The minimum absolute atomic E-state index is 0.150. The predicted molar refractivity (Wildman–Crippen MR) is 93.9 cm³/mol. The van der Waals surface area contributed by atoms with Crippen molar-refractivity contribution in [3.8, 4) is 0 Å². The highest BCUT2D eigenvalue weighted by atomic mass is 28.4. The first-order valence-corrected chi connectivity index (χ1v) is 11.2. The number of aliphatic hydroxyl groups is 1. The average Bonchev–Trinajstić information content (AvgIpc) is 2.75. The molecule has 5 atom stereocenters. The van der Waals surface area contributed by atoms with Crippen molar-refractivity contribution in [2.24, 2.45) is 0 Å². The van der Waals surface area contributed by atoms with Crippen molar-refractivity contribution >= 4 is 8.32 Å². The molecule has 0 aliphatic carbocycles. The SMILES string of the molecule is C[C@H](O)[C@H]1O[C@@H](n2ccc(=O)[nH]c2=O)[C@H](F)[C@H]1O[Si](C)(C)C(C)(C)C. The number of hydrogen-bond acceptors (Lipinski definition) is 5. The molecule has 1 aromatic rings. The molecule has 1 aromatic heterocycles. The van der Waals surface area contributed by atoms with Crippen molar-refractivity contribution in [1.82, 2.24) is 9.55 Å². The molecule has 0 unspecified atom stereocenters. The zero-order chi connectivity index (χ0) is 19.2. The molecule has 25 heavy (non-hydrogen) atoms. The zero-order valence-corrected chi connectivity index (χ0v) is 16.4. The highest BCUT2D eigenvalue weighted by Crippen LogP contribution is 2.42. The molecule has 0 aromatic carbocycles. The second-order valence-corrected chi connectivity index (χ2v) is 12.8. The van der Waals surface area contributed by atoms with Crippen molar-refractivity contribution in [2.45, 2.75) is 76.5 Å². The monoisotopic (exact) mass is 374 g/mol. The van der Waals surface area contributed by atoms with E-state index in [1.165, 1.54) is 13.1 Å². The Morgan fingerprint density at radius 2 is 2.00 bits per heavy atom. The van der Waals surface area contributed by atoms with Gasteiger partial charge in [-0.3, -0.25) is 14.3 Å². The van der Waals surface area contributed by atoms with Crippen molar-refractivity contribution < 1.29 is 18.7 Å². The molecule has 0 radical (unpaired) electrons. The van der Waals surface area contributed by atoms with Gasteiger partial charge in [-0.2, -0.15) is 0 Å². The standard InChI is InChI=1S/C16H27FN2O5Si/c1-9(20)12-13(24-25(5,6)16(2,3)4)11(17)14(23-12)19-8-7-10(21)18-15(19)22/h7-9,11-14,20H,1-6H3,(H,18,21,22)/t9-,11+,12+,13+,14+/m0/s1. The number of nitrogens with one attached hydrogen (secondary N) is 1. The summed E-state index contributed by atoms with van der Waals surface area (Å²) < 4.78 is 27.9. The molecule has 2 N–H and O–H groups in total. The van der Waals surface area contributed by atoms with Gasteiger partial charge in [-0.05, 0) is 25.1 Å². The lowest BCUT2D eigenvalue weighted by Crippen LogP contribution is -2.50. The van der Waals surface area contributed by atoms with Gasteiger partial charge in [-0.1, -0.05) is 20.8 Å². The lowest BCUT2D eigenvalue weighted by Gasteiger charge is -2.40. The summed E-state index contributed by atoms with van der Waals surface area (Å²) in [5.74, 6) is 0. The summed E-state index contributed by atoms with van der Waals surface area (Å²) >= 11 is 0. The third kappa shape index (κ3) is 3.94. The van der Waals surface area contributed by atoms with Gasteiger partial charge in [0.05, 0.1) is 6.10 Å². The van der Waals surface area contributed by atoms with Crippen molar-refractivity contribution in [2.75, 3.05) is 0 Å². The normalized spacial score (nSPS) is 29.0. The van der Waals surface area contributed by atoms with Gasteiger partial charge in [-0.25, -0.2) is 9.18 Å². The highest BCUT2D eigenvalue weighted by molar-refractivity contribution is 6.74. The quantitative estimate of drug-likeness (QED) is 0.780. The number of hydrogen-bond donors (Lipinski definition) is 2. The summed E-state index contributed by atoms with van der Waals surface area (Å²) in [6.07, 6.45) is -4.61. The number of ether oxygens (including phenoxy) is 1. The second kappa shape index (κ2) is 6.79. The molecule has 7 nitrogen and oxygen atoms in total. The Morgan fingerprint density at radius 3 is 2.48 bits per heavy atom. The largest absolute Gasteiger partial charge is 0.408 e. The van der Waals surface area contributed by atoms with Gasteiger partial charge in [0, 0.05) is 12.3 Å². The lowest BCUT2D eigenvalue weighted by molar-refractivity contribution is -0.0768. The van der Waals surface area contributed by atoms with E-state index < -0.39 is 50.3 Å². The minimum Gasteiger partial charge on any atom is -0.408 e. The van der Waals surface area contributed by atoms with Crippen LogP contribution < -0.4 is 11.2 Å². The molecule has 1 fully saturated rings. The van der Waals surface area contributed by atoms with Crippen LogP contribution in [-0.2, 0) is 9.16 Å². The predicted octanol–water partition coefficient (Wildman–Crippen LogP) is 1.54. The Bertz CT molecular complexity index is 724. The Hall–Kier alpha value is -1.29. The number of rotatable bonds is 4. The molecular weight excluding hydrogens is 347 g/mol. The van der Waals surface area contributed by atoms with Gasteiger partial charge in [-0.15, -0.1) is 0 Å². The first kappa shape index (κ1) is 20.0. The van der Waals surface area contributed by atoms with Crippen molar-refractivity contribution in [1.29, 1.82) is 0 Å².